The van der Waals surface area contributed by atoms with Crippen LogP contribution in [0.3, 0.4) is 0 Å². The molecule has 230 valence electrons. The third-order valence-corrected chi connectivity index (χ3v) is 9.68. The van der Waals surface area contributed by atoms with Crippen LogP contribution in [0, 0.1) is 19.8 Å². The lowest BCUT2D eigenvalue weighted by atomic mass is 9.84. The fourth-order valence-electron chi connectivity index (χ4n) is 7.55. The Bertz CT molecular complexity index is 2680. The fourth-order valence-corrected chi connectivity index (χ4v) is 7.55. The zero-order valence-corrected chi connectivity index (χ0v) is 27.4. The van der Waals surface area contributed by atoms with Gasteiger partial charge in [0.1, 0.15) is 0 Å². The third-order valence-electron chi connectivity index (χ3n) is 9.68. The SMILES string of the molecule is C#C.Cc1ccc2c(-c3cccc(-c4cccc5ccccc45)c3)c3ccccc3c(-c3cccc(-c4cccc5ccccc45)c3)c2c1. The second-order valence-electron chi connectivity index (χ2n) is 12.6. The first-order valence-corrected chi connectivity index (χ1v) is 16.7. The van der Waals surface area contributed by atoms with Crippen LogP contribution in [-0.2, 0) is 0 Å². The van der Waals surface area contributed by atoms with E-state index in [4.69, 9.17) is 0 Å². The number of aryl methyl sites for hydroxylation is 1. The Morgan fingerprint density at radius 1 is 0.306 bits per heavy atom. The molecule has 0 saturated heterocycles. The van der Waals surface area contributed by atoms with Gasteiger partial charge in [0.25, 0.3) is 0 Å². The van der Waals surface area contributed by atoms with Gasteiger partial charge in [-0.2, -0.15) is 0 Å². The maximum absolute atomic E-state index is 4.00. The van der Waals surface area contributed by atoms with E-state index in [0.717, 1.165) is 0 Å². The van der Waals surface area contributed by atoms with Crippen LogP contribution < -0.4 is 0 Å². The quantitative estimate of drug-likeness (QED) is 0.135. The summed E-state index contributed by atoms with van der Waals surface area (Å²) in [7, 11) is 0. The smallest absolute Gasteiger partial charge is 0.00261 e. The Morgan fingerprint density at radius 2 is 0.694 bits per heavy atom. The fraction of sp³-hybridized carbons (Fsp3) is 0.0204. The zero-order chi connectivity index (χ0) is 33.3. The molecule has 9 aromatic rings. The van der Waals surface area contributed by atoms with E-state index in [-0.39, 0.29) is 0 Å². The Hall–Kier alpha value is -6.42. The zero-order valence-electron chi connectivity index (χ0n) is 27.4. The highest BCUT2D eigenvalue weighted by molar-refractivity contribution is 6.22. The average Bonchev–Trinajstić information content (AvgIpc) is 3.17. The van der Waals surface area contributed by atoms with E-state index in [1.54, 1.807) is 0 Å². The maximum atomic E-state index is 4.00. The summed E-state index contributed by atoms with van der Waals surface area (Å²) < 4.78 is 0. The molecule has 0 radical (unpaired) electrons. The normalized spacial score (nSPS) is 11.1. The number of benzene rings is 9. The molecule has 0 bridgehead atoms. The molecule has 0 fully saturated rings. The molecule has 0 aliphatic rings. The molecule has 0 aliphatic carbocycles. The van der Waals surface area contributed by atoms with Gasteiger partial charge in [-0.3, -0.25) is 0 Å². The molecule has 0 heteroatoms. The molecule has 0 spiro atoms. The Kier molecular flexibility index (Phi) is 7.73. The van der Waals surface area contributed by atoms with Crippen LogP contribution in [0.5, 0.6) is 0 Å². The first-order chi connectivity index (χ1) is 24.2. The van der Waals surface area contributed by atoms with Gasteiger partial charge in [-0.1, -0.05) is 169 Å². The van der Waals surface area contributed by atoms with E-state index in [1.165, 1.54) is 93.2 Å². The lowest BCUT2D eigenvalue weighted by Gasteiger charge is -2.19. The molecule has 0 heterocycles. The summed E-state index contributed by atoms with van der Waals surface area (Å²) in [6.07, 6.45) is 8.00. The Balaban J connectivity index is 0.00000171. The van der Waals surface area contributed by atoms with Crippen molar-refractivity contribution in [3.63, 3.8) is 0 Å². The first kappa shape index (κ1) is 29.9. The predicted octanol–water partition coefficient (Wildman–Crippen LogP) is 13.5. The van der Waals surface area contributed by atoms with Crippen molar-refractivity contribution in [2.45, 2.75) is 6.92 Å². The van der Waals surface area contributed by atoms with Crippen molar-refractivity contribution < 1.29 is 0 Å². The van der Waals surface area contributed by atoms with Crippen molar-refractivity contribution in [3.05, 3.63) is 181 Å². The second-order valence-corrected chi connectivity index (χ2v) is 12.6. The largest absolute Gasteiger partial charge is 0.124 e. The van der Waals surface area contributed by atoms with Crippen LogP contribution in [-0.4, -0.2) is 0 Å². The highest BCUT2D eigenvalue weighted by Crippen LogP contribution is 2.45. The van der Waals surface area contributed by atoms with Crippen molar-refractivity contribution in [1.29, 1.82) is 0 Å². The summed E-state index contributed by atoms with van der Waals surface area (Å²) in [6, 6.07) is 64.7. The molecule has 9 aromatic carbocycles. The summed E-state index contributed by atoms with van der Waals surface area (Å²) in [5.74, 6) is 0. The van der Waals surface area contributed by atoms with Gasteiger partial charge >= 0.3 is 0 Å². The topological polar surface area (TPSA) is 0 Å². The molecule has 0 aliphatic heterocycles. The second kappa shape index (κ2) is 12.6. The summed E-state index contributed by atoms with van der Waals surface area (Å²) >= 11 is 0. The van der Waals surface area contributed by atoms with E-state index in [9.17, 15) is 0 Å². The summed E-state index contributed by atoms with van der Waals surface area (Å²) in [4.78, 5) is 0. The minimum Gasteiger partial charge on any atom is -0.124 e. The minimum atomic E-state index is 1.23. The van der Waals surface area contributed by atoms with Crippen LogP contribution in [0.1, 0.15) is 5.56 Å². The van der Waals surface area contributed by atoms with Crippen molar-refractivity contribution in [2.24, 2.45) is 0 Å². The van der Waals surface area contributed by atoms with Crippen LogP contribution in [0.4, 0.5) is 0 Å². The number of hydrogen-bond acceptors (Lipinski definition) is 0. The van der Waals surface area contributed by atoms with Crippen molar-refractivity contribution in [1.82, 2.24) is 0 Å². The summed E-state index contributed by atoms with van der Waals surface area (Å²) in [5, 5.41) is 10.2. The monoisotopic (exact) mass is 622 g/mol. The summed E-state index contributed by atoms with van der Waals surface area (Å²) in [5.41, 5.74) is 11.3. The lowest BCUT2D eigenvalue weighted by molar-refractivity contribution is 1.51. The molecule has 0 nitrogen and oxygen atoms in total. The lowest BCUT2D eigenvalue weighted by Crippen LogP contribution is -1.92. The van der Waals surface area contributed by atoms with Gasteiger partial charge in [-0.05, 0) is 107 Å². The number of hydrogen-bond donors (Lipinski definition) is 0. The molecule has 0 unspecified atom stereocenters. The Morgan fingerprint density at radius 3 is 1.22 bits per heavy atom. The van der Waals surface area contributed by atoms with Crippen LogP contribution in [0.25, 0.3) is 87.6 Å². The Labute approximate surface area is 287 Å². The molecular weight excluding hydrogens is 589 g/mol. The number of rotatable bonds is 4. The minimum absolute atomic E-state index is 1.23. The number of terminal acetylenes is 1. The van der Waals surface area contributed by atoms with E-state index >= 15 is 0 Å². The molecule has 0 aromatic heterocycles. The van der Waals surface area contributed by atoms with E-state index in [0.29, 0.717) is 0 Å². The van der Waals surface area contributed by atoms with E-state index < -0.39 is 0 Å². The molecule has 9 rings (SSSR count). The highest BCUT2D eigenvalue weighted by atomic mass is 14.2. The molecule has 0 amide bonds. The van der Waals surface area contributed by atoms with Gasteiger partial charge in [-0.25, -0.2) is 0 Å². The van der Waals surface area contributed by atoms with E-state index in [2.05, 4.69) is 196 Å². The number of fused-ring (bicyclic) bond motifs is 4. The van der Waals surface area contributed by atoms with Gasteiger partial charge in [0.15, 0.2) is 0 Å². The molecule has 0 saturated carbocycles. The van der Waals surface area contributed by atoms with E-state index in [1.807, 2.05) is 0 Å². The first-order valence-electron chi connectivity index (χ1n) is 16.7. The van der Waals surface area contributed by atoms with Crippen LogP contribution in [0.15, 0.2) is 176 Å². The van der Waals surface area contributed by atoms with Crippen molar-refractivity contribution >= 4 is 43.1 Å². The molecule has 0 atom stereocenters. The van der Waals surface area contributed by atoms with Crippen LogP contribution in [0.2, 0.25) is 0 Å². The van der Waals surface area contributed by atoms with Gasteiger partial charge < -0.3 is 0 Å². The average molecular weight is 623 g/mol. The van der Waals surface area contributed by atoms with Gasteiger partial charge in [0.05, 0.1) is 0 Å². The van der Waals surface area contributed by atoms with Crippen molar-refractivity contribution in [3.8, 4) is 57.4 Å². The summed E-state index contributed by atoms with van der Waals surface area (Å²) in [6.45, 7) is 2.20. The molecule has 0 N–H and O–H groups in total. The highest BCUT2D eigenvalue weighted by Gasteiger charge is 2.18. The third kappa shape index (κ3) is 5.23. The molecule has 49 heavy (non-hydrogen) atoms. The molecular formula is C49H34. The maximum Gasteiger partial charge on any atom is -0.00261 e. The predicted molar refractivity (Wildman–Crippen MR) is 213 cm³/mol. The van der Waals surface area contributed by atoms with Gasteiger partial charge in [-0.15, -0.1) is 12.8 Å². The van der Waals surface area contributed by atoms with Crippen LogP contribution >= 0.6 is 0 Å². The van der Waals surface area contributed by atoms with Gasteiger partial charge in [0, 0.05) is 0 Å². The van der Waals surface area contributed by atoms with Gasteiger partial charge in [0.2, 0.25) is 0 Å². The van der Waals surface area contributed by atoms with Crippen molar-refractivity contribution in [2.75, 3.05) is 0 Å². The standard InChI is InChI=1S/C47H32.C2H2/c1-31-26-27-44-45(28-31)47(37-19-9-17-35(30-37)41-25-11-15-33-13-3-5-21-39(33)41)43-23-7-6-22-42(43)46(44)36-18-8-16-34(29-36)40-24-10-14-32-12-2-4-20-38(32)40;1-2/h2-30H,1H3;1-2H.